The van der Waals surface area contributed by atoms with Gasteiger partial charge in [0.1, 0.15) is 0 Å². The fourth-order valence-corrected chi connectivity index (χ4v) is 6.70. The third kappa shape index (κ3) is 0.953. The minimum absolute atomic E-state index is 1.06. The molecule has 0 aromatic heterocycles. The van der Waals surface area contributed by atoms with E-state index < -0.39 is 0 Å². The molecule has 84 valence electrons. The summed E-state index contributed by atoms with van der Waals surface area (Å²) in [5.41, 5.74) is 0. The predicted molar refractivity (Wildman–Crippen MR) is 62.4 cm³/mol. The first-order valence-electron chi connectivity index (χ1n) is 7.27. The van der Waals surface area contributed by atoms with Gasteiger partial charge in [0, 0.05) is 0 Å². The van der Waals surface area contributed by atoms with Crippen LogP contribution >= 0.6 is 0 Å². The SMILES string of the molecule is CC1CC(C)C2C3CC(C4CCCC43)C12. The summed E-state index contributed by atoms with van der Waals surface area (Å²) < 4.78 is 0. The van der Waals surface area contributed by atoms with E-state index in [0.717, 1.165) is 23.7 Å². The van der Waals surface area contributed by atoms with Crippen LogP contribution in [-0.4, -0.2) is 0 Å². The van der Waals surface area contributed by atoms with Crippen molar-refractivity contribution in [1.29, 1.82) is 0 Å². The third-order valence-electron chi connectivity index (χ3n) is 6.76. The van der Waals surface area contributed by atoms with Crippen LogP contribution in [-0.2, 0) is 0 Å². The van der Waals surface area contributed by atoms with Crippen molar-refractivity contribution < 1.29 is 0 Å². The van der Waals surface area contributed by atoms with E-state index in [0.29, 0.717) is 0 Å². The molecule has 0 spiro atoms. The maximum Gasteiger partial charge on any atom is -0.0323 e. The summed E-state index contributed by atoms with van der Waals surface area (Å²) in [5.74, 6) is 9.14. The highest BCUT2D eigenvalue weighted by molar-refractivity contribution is 5.11. The first kappa shape index (κ1) is 9.07. The third-order valence-corrected chi connectivity index (χ3v) is 6.76. The largest absolute Gasteiger partial charge is 0.0622 e. The highest BCUT2D eigenvalue weighted by atomic mass is 14.7. The molecule has 4 rings (SSSR count). The van der Waals surface area contributed by atoms with Crippen molar-refractivity contribution in [3.8, 4) is 0 Å². The summed E-state index contributed by atoms with van der Waals surface area (Å²) in [6, 6.07) is 0. The first-order valence-corrected chi connectivity index (χ1v) is 7.27. The van der Waals surface area contributed by atoms with Crippen molar-refractivity contribution in [2.45, 2.75) is 46.0 Å². The second-order valence-electron chi connectivity index (χ2n) is 7.17. The van der Waals surface area contributed by atoms with E-state index in [4.69, 9.17) is 0 Å². The van der Waals surface area contributed by atoms with Gasteiger partial charge < -0.3 is 0 Å². The van der Waals surface area contributed by atoms with Gasteiger partial charge in [0.05, 0.1) is 0 Å². The molecule has 15 heavy (non-hydrogen) atoms. The van der Waals surface area contributed by atoms with Gasteiger partial charge in [0.25, 0.3) is 0 Å². The van der Waals surface area contributed by atoms with Crippen LogP contribution in [0.4, 0.5) is 0 Å². The molecular formula is C15H24. The topological polar surface area (TPSA) is 0 Å². The zero-order valence-electron chi connectivity index (χ0n) is 10.2. The van der Waals surface area contributed by atoms with E-state index in [9.17, 15) is 0 Å². The Morgan fingerprint density at radius 3 is 1.73 bits per heavy atom. The summed E-state index contributed by atoms with van der Waals surface area (Å²) in [6.07, 6.45) is 7.93. The fourth-order valence-electron chi connectivity index (χ4n) is 6.70. The molecule has 0 saturated heterocycles. The van der Waals surface area contributed by atoms with Gasteiger partial charge in [-0.25, -0.2) is 0 Å². The quantitative estimate of drug-likeness (QED) is 0.560. The zero-order valence-corrected chi connectivity index (χ0v) is 10.2. The van der Waals surface area contributed by atoms with Crippen molar-refractivity contribution in [3.05, 3.63) is 0 Å². The van der Waals surface area contributed by atoms with Gasteiger partial charge in [-0.2, -0.15) is 0 Å². The van der Waals surface area contributed by atoms with Crippen LogP contribution < -0.4 is 0 Å². The minimum Gasteiger partial charge on any atom is -0.0622 e. The van der Waals surface area contributed by atoms with Gasteiger partial charge in [-0.1, -0.05) is 20.3 Å². The zero-order chi connectivity index (χ0) is 10.2. The van der Waals surface area contributed by atoms with Gasteiger partial charge in [-0.3, -0.25) is 0 Å². The van der Waals surface area contributed by atoms with Gasteiger partial charge in [-0.15, -0.1) is 0 Å². The second kappa shape index (κ2) is 2.81. The Morgan fingerprint density at radius 1 is 0.667 bits per heavy atom. The lowest BCUT2D eigenvalue weighted by Crippen LogP contribution is -2.32. The van der Waals surface area contributed by atoms with E-state index in [1.165, 1.54) is 23.7 Å². The molecular weight excluding hydrogens is 180 g/mol. The standard InChI is InChI=1S/C15H24/c1-8-6-9(2)15-13-7-12(14(8)15)10-4-3-5-11(10)13/h8-15H,3-7H2,1-2H3. The molecule has 4 aliphatic rings. The normalized spacial score (nSPS) is 66.0. The van der Waals surface area contributed by atoms with Gasteiger partial charge >= 0.3 is 0 Å². The van der Waals surface area contributed by atoms with Gasteiger partial charge in [0.15, 0.2) is 0 Å². The smallest absolute Gasteiger partial charge is 0.0323 e. The van der Waals surface area contributed by atoms with Crippen LogP contribution in [0.25, 0.3) is 0 Å². The average Bonchev–Trinajstić information content (AvgIpc) is 2.88. The molecule has 2 bridgehead atoms. The monoisotopic (exact) mass is 204 g/mol. The number of fused-ring (bicyclic) bond motifs is 8. The van der Waals surface area contributed by atoms with Crippen molar-refractivity contribution in [3.63, 3.8) is 0 Å². The van der Waals surface area contributed by atoms with Crippen LogP contribution in [0.2, 0.25) is 0 Å². The molecule has 8 atom stereocenters. The molecule has 0 nitrogen and oxygen atoms in total. The summed E-state index contributed by atoms with van der Waals surface area (Å²) in [4.78, 5) is 0. The van der Waals surface area contributed by atoms with E-state index in [2.05, 4.69) is 13.8 Å². The lowest BCUT2D eigenvalue weighted by molar-refractivity contribution is 0.104. The molecule has 0 aromatic carbocycles. The molecule has 4 aliphatic carbocycles. The number of hydrogen-bond acceptors (Lipinski definition) is 0. The summed E-state index contributed by atoms with van der Waals surface area (Å²) in [5, 5.41) is 0. The number of rotatable bonds is 0. The predicted octanol–water partition coefficient (Wildman–Crippen LogP) is 3.96. The van der Waals surface area contributed by atoms with Crippen molar-refractivity contribution in [2.24, 2.45) is 47.3 Å². The maximum absolute atomic E-state index is 2.55. The molecule has 0 aromatic rings. The van der Waals surface area contributed by atoms with E-state index in [1.54, 1.807) is 32.1 Å². The highest BCUT2D eigenvalue weighted by Gasteiger charge is 2.62. The fraction of sp³-hybridized carbons (Fsp3) is 1.00. The van der Waals surface area contributed by atoms with Crippen LogP contribution in [0.15, 0.2) is 0 Å². The molecule has 0 heterocycles. The molecule has 0 heteroatoms. The van der Waals surface area contributed by atoms with E-state index in [1.807, 2.05) is 0 Å². The van der Waals surface area contributed by atoms with Crippen LogP contribution in [0.1, 0.15) is 46.0 Å². The molecule has 4 saturated carbocycles. The Morgan fingerprint density at radius 2 is 1.20 bits per heavy atom. The number of hydrogen-bond donors (Lipinski definition) is 0. The molecule has 4 fully saturated rings. The molecule has 0 amide bonds. The van der Waals surface area contributed by atoms with Crippen molar-refractivity contribution >= 4 is 0 Å². The Kier molecular flexibility index (Phi) is 1.70. The van der Waals surface area contributed by atoms with Crippen molar-refractivity contribution in [1.82, 2.24) is 0 Å². The lowest BCUT2D eigenvalue weighted by Gasteiger charge is -2.37. The Balaban J connectivity index is 1.72. The average molecular weight is 204 g/mol. The van der Waals surface area contributed by atoms with Gasteiger partial charge in [0.2, 0.25) is 0 Å². The van der Waals surface area contributed by atoms with E-state index in [-0.39, 0.29) is 0 Å². The molecule has 0 N–H and O–H groups in total. The Bertz CT molecular complexity index is 256. The van der Waals surface area contributed by atoms with Crippen molar-refractivity contribution in [2.75, 3.05) is 0 Å². The maximum atomic E-state index is 2.55. The molecule has 0 radical (unpaired) electrons. The summed E-state index contributed by atoms with van der Waals surface area (Å²) in [7, 11) is 0. The van der Waals surface area contributed by atoms with E-state index >= 15 is 0 Å². The minimum atomic E-state index is 1.06. The molecule has 0 aliphatic heterocycles. The molecule has 8 unspecified atom stereocenters. The lowest BCUT2D eigenvalue weighted by atomic mass is 9.68. The first-order chi connectivity index (χ1) is 7.27. The summed E-state index contributed by atoms with van der Waals surface area (Å²) in [6.45, 7) is 5.09. The Labute approximate surface area is 93.8 Å². The van der Waals surface area contributed by atoms with Gasteiger partial charge in [-0.05, 0) is 73.0 Å². The highest BCUT2D eigenvalue weighted by Crippen LogP contribution is 2.69. The Hall–Kier alpha value is 0. The van der Waals surface area contributed by atoms with Crippen LogP contribution in [0.3, 0.4) is 0 Å². The second-order valence-corrected chi connectivity index (χ2v) is 7.17. The van der Waals surface area contributed by atoms with Crippen LogP contribution in [0, 0.1) is 47.3 Å². The van der Waals surface area contributed by atoms with Crippen LogP contribution in [0.5, 0.6) is 0 Å². The summed E-state index contributed by atoms with van der Waals surface area (Å²) >= 11 is 0.